The third-order valence-corrected chi connectivity index (χ3v) is 4.02. The van der Waals surface area contributed by atoms with E-state index in [1.165, 1.54) is 18.4 Å². The minimum absolute atomic E-state index is 0.503. The van der Waals surface area contributed by atoms with Gasteiger partial charge in [-0.05, 0) is 51.2 Å². The largest absolute Gasteiger partial charge is 0.383 e. The molecule has 0 unspecified atom stereocenters. The Hall–Kier alpha value is -1.14. The number of nitrogen functional groups attached to an aromatic ring is 1. The summed E-state index contributed by atoms with van der Waals surface area (Å²) >= 11 is 5.09. The molecule has 2 N–H and O–H groups in total. The van der Waals surface area contributed by atoms with Crippen molar-refractivity contribution in [3.05, 3.63) is 33.1 Å². The van der Waals surface area contributed by atoms with Crippen LogP contribution in [0.1, 0.15) is 18.4 Å². The molecule has 0 atom stereocenters. The Kier molecular flexibility index (Phi) is 3.22. The van der Waals surface area contributed by atoms with Crippen molar-refractivity contribution in [2.75, 3.05) is 10.6 Å². The Morgan fingerprint density at radius 2 is 2.28 bits per heavy atom. The number of nitrogens with two attached hydrogens (primary N) is 1. The quantitative estimate of drug-likeness (QED) is 0.878. The molecule has 0 aromatic carbocycles. The van der Waals surface area contributed by atoms with Gasteiger partial charge in [0.2, 0.25) is 5.95 Å². The van der Waals surface area contributed by atoms with Crippen LogP contribution in [0.2, 0.25) is 0 Å². The third kappa shape index (κ3) is 2.64. The van der Waals surface area contributed by atoms with Crippen LogP contribution >= 0.6 is 27.3 Å². The lowest BCUT2D eigenvalue weighted by Gasteiger charge is -2.22. The molecular weight excluding hydrogens is 312 g/mol. The Labute approximate surface area is 118 Å². The van der Waals surface area contributed by atoms with Crippen molar-refractivity contribution >= 4 is 39.0 Å². The van der Waals surface area contributed by atoms with Gasteiger partial charge in [-0.3, -0.25) is 0 Å². The molecule has 1 aliphatic carbocycles. The first-order chi connectivity index (χ1) is 8.72. The fraction of sp³-hybridized carbons (Fsp3) is 0.333. The molecule has 1 aliphatic rings. The van der Waals surface area contributed by atoms with Crippen LogP contribution in [0.3, 0.4) is 0 Å². The molecule has 2 heterocycles. The summed E-state index contributed by atoms with van der Waals surface area (Å²) in [7, 11) is 0. The van der Waals surface area contributed by atoms with Gasteiger partial charge in [0.1, 0.15) is 10.4 Å². The highest BCUT2D eigenvalue weighted by Gasteiger charge is 2.31. The molecule has 4 nitrogen and oxygen atoms in total. The maximum atomic E-state index is 5.79. The normalized spacial score (nSPS) is 14.7. The lowest BCUT2D eigenvalue weighted by atomic mass is 10.3. The van der Waals surface area contributed by atoms with E-state index in [1.807, 2.05) is 0 Å². The Balaban J connectivity index is 1.89. The highest BCUT2D eigenvalue weighted by molar-refractivity contribution is 9.10. The SMILES string of the molecule is Nc1cc(Br)nc(N(Cc2ccsc2)C2CC2)n1. The molecule has 0 spiro atoms. The van der Waals surface area contributed by atoms with Gasteiger partial charge in [0.15, 0.2) is 0 Å². The summed E-state index contributed by atoms with van der Waals surface area (Å²) in [6.07, 6.45) is 2.42. The van der Waals surface area contributed by atoms with Gasteiger partial charge in [-0.15, -0.1) is 0 Å². The topological polar surface area (TPSA) is 55.0 Å². The molecule has 2 aromatic rings. The number of thiophene rings is 1. The molecule has 94 valence electrons. The first-order valence-electron chi connectivity index (χ1n) is 5.80. The van der Waals surface area contributed by atoms with Crippen LogP contribution in [0.4, 0.5) is 11.8 Å². The van der Waals surface area contributed by atoms with Gasteiger partial charge in [-0.25, -0.2) is 4.98 Å². The van der Waals surface area contributed by atoms with Gasteiger partial charge >= 0.3 is 0 Å². The average Bonchev–Trinajstić information content (AvgIpc) is 3.02. The fourth-order valence-corrected chi connectivity index (χ4v) is 2.93. The average molecular weight is 325 g/mol. The van der Waals surface area contributed by atoms with Crippen molar-refractivity contribution in [3.8, 4) is 0 Å². The van der Waals surface area contributed by atoms with E-state index in [0.29, 0.717) is 11.9 Å². The van der Waals surface area contributed by atoms with E-state index in [4.69, 9.17) is 5.73 Å². The summed E-state index contributed by atoms with van der Waals surface area (Å²) in [5, 5.41) is 4.26. The summed E-state index contributed by atoms with van der Waals surface area (Å²) in [6, 6.07) is 4.42. The number of hydrogen-bond acceptors (Lipinski definition) is 5. The first-order valence-corrected chi connectivity index (χ1v) is 7.54. The number of nitrogens with zero attached hydrogens (tertiary/aromatic N) is 3. The molecule has 3 rings (SSSR count). The van der Waals surface area contributed by atoms with Crippen molar-refractivity contribution in [3.63, 3.8) is 0 Å². The number of aromatic nitrogens is 2. The lowest BCUT2D eigenvalue weighted by Crippen LogP contribution is -2.27. The zero-order valence-electron chi connectivity index (χ0n) is 9.71. The predicted octanol–water partition coefficient (Wildman–Crippen LogP) is 3.05. The van der Waals surface area contributed by atoms with Crippen LogP contribution in [0, 0.1) is 0 Å². The maximum Gasteiger partial charge on any atom is 0.228 e. The zero-order chi connectivity index (χ0) is 12.5. The van der Waals surface area contributed by atoms with Gasteiger partial charge in [-0.1, -0.05) is 0 Å². The number of rotatable bonds is 4. The van der Waals surface area contributed by atoms with E-state index in [2.05, 4.69) is 47.6 Å². The molecule has 0 bridgehead atoms. The summed E-state index contributed by atoms with van der Waals surface area (Å²) in [6.45, 7) is 0.851. The zero-order valence-corrected chi connectivity index (χ0v) is 12.1. The van der Waals surface area contributed by atoms with Crippen LogP contribution in [0.5, 0.6) is 0 Å². The second-order valence-electron chi connectivity index (χ2n) is 4.41. The summed E-state index contributed by atoms with van der Waals surface area (Å²) in [5.41, 5.74) is 7.09. The number of halogens is 1. The van der Waals surface area contributed by atoms with E-state index in [1.54, 1.807) is 17.4 Å². The fourth-order valence-electron chi connectivity index (χ4n) is 1.88. The predicted molar refractivity (Wildman–Crippen MR) is 77.7 cm³/mol. The highest BCUT2D eigenvalue weighted by atomic mass is 79.9. The van der Waals surface area contributed by atoms with Crippen LogP contribution in [-0.2, 0) is 6.54 Å². The summed E-state index contributed by atoms with van der Waals surface area (Å²) in [5.74, 6) is 1.22. The molecule has 6 heteroatoms. The third-order valence-electron chi connectivity index (χ3n) is 2.88. The van der Waals surface area contributed by atoms with E-state index in [9.17, 15) is 0 Å². The monoisotopic (exact) mass is 324 g/mol. The summed E-state index contributed by atoms with van der Waals surface area (Å²) in [4.78, 5) is 11.0. The second-order valence-corrected chi connectivity index (χ2v) is 6.00. The number of anilines is 2. The molecule has 1 saturated carbocycles. The Bertz CT molecular complexity index is 519. The van der Waals surface area contributed by atoms with Crippen molar-refractivity contribution < 1.29 is 0 Å². The second kappa shape index (κ2) is 4.85. The molecular formula is C12H13BrN4S. The van der Waals surface area contributed by atoms with Crippen molar-refractivity contribution in [2.24, 2.45) is 0 Å². The van der Waals surface area contributed by atoms with E-state index < -0.39 is 0 Å². The smallest absolute Gasteiger partial charge is 0.228 e. The number of hydrogen-bond donors (Lipinski definition) is 1. The highest BCUT2D eigenvalue weighted by Crippen LogP contribution is 2.32. The van der Waals surface area contributed by atoms with Gasteiger partial charge in [0.25, 0.3) is 0 Å². The van der Waals surface area contributed by atoms with Gasteiger partial charge in [-0.2, -0.15) is 16.3 Å². The van der Waals surface area contributed by atoms with Gasteiger partial charge in [0.05, 0.1) is 0 Å². The van der Waals surface area contributed by atoms with Gasteiger partial charge < -0.3 is 10.6 Å². The molecule has 0 aliphatic heterocycles. The molecule has 1 fully saturated rings. The Morgan fingerprint density at radius 3 is 2.89 bits per heavy atom. The molecule has 18 heavy (non-hydrogen) atoms. The minimum Gasteiger partial charge on any atom is -0.383 e. The molecule has 0 radical (unpaired) electrons. The van der Waals surface area contributed by atoms with E-state index >= 15 is 0 Å². The minimum atomic E-state index is 0.503. The molecule has 2 aromatic heterocycles. The van der Waals surface area contributed by atoms with E-state index in [0.717, 1.165) is 17.1 Å². The maximum absolute atomic E-state index is 5.79. The standard InChI is InChI=1S/C12H13BrN4S/c13-10-5-11(14)16-12(15-10)17(9-1-2-9)6-8-3-4-18-7-8/h3-5,7,9H,1-2,6H2,(H2,14,15,16). The lowest BCUT2D eigenvalue weighted by molar-refractivity contribution is 0.759. The van der Waals surface area contributed by atoms with Crippen molar-refractivity contribution in [2.45, 2.75) is 25.4 Å². The van der Waals surface area contributed by atoms with Crippen molar-refractivity contribution in [1.29, 1.82) is 0 Å². The van der Waals surface area contributed by atoms with Crippen LogP contribution in [0.15, 0.2) is 27.5 Å². The van der Waals surface area contributed by atoms with Crippen LogP contribution in [-0.4, -0.2) is 16.0 Å². The molecule has 0 amide bonds. The first kappa shape index (κ1) is 11.9. The van der Waals surface area contributed by atoms with E-state index in [-0.39, 0.29) is 0 Å². The van der Waals surface area contributed by atoms with Gasteiger partial charge in [0, 0.05) is 18.7 Å². The molecule has 0 saturated heterocycles. The van der Waals surface area contributed by atoms with Crippen molar-refractivity contribution in [1.82, 2.24) is 9.97 Å². The van der Waals surface area contributed by atoms with Crippen LogP contribution < -0.4 is 10.6 Å². The van der Waals surface area contributed by atoms with Crippen LogP contribution in [0.25, 0.3) is 0 Å². The Morgan fingerprint density at radius 1 is 1.44 bits per heavy atom. The summed E-state index contributed by atoms with van der Waals surface area (Å²) < 4.78 is 0.737.